The van der Waals surface area contributed by atoms with E-state index in [1.54, 1.807) is 18.2 Å². The molecule has 1 N–H and O–H groups in total. The topological polar surface area (TPSA) is 64.6 Å². The Balaban J connectivity index is 1.87. The Morgan fingerprint density at radius 1 is 1.38 bits per heavy atom. The van der Waals surface area contributed by atoms with E-state index >= 15 is 0 Å². The minimum atomic E-state index is -0.351. The minimum absolute atomic E-state index is 0.0828. The molecule has 2 atom stereocenters. The number of hydrogen-bond donors (Lipinski definition) is 1. The van der Waals surface area contributed by atoms with Crippen LogP contribution in [0.2, 0.25) is 0 Å². The molecule has 132 valence electrons. The average Bonchev–Trinajstić information content (AvgIpc) is 3.01. The average molecular weight is 333 g/mol. The first kappa shape index (κ1) is 18.3. The third-order valence-electron chi connectivity index (χ3n) is 4.50. The van der Waals surface area contributed by atoms with E-state index in [4.69, 9.17) is 9.47 Å². The van der Waals surface area contributed by atoms with Gasteiger partial charge in [-0.25, -0.2) is 4.79 Å². The molecule has 1 aromatic rings. The monoisotopic (exact) mass is 333 g/mol. The molecule has 1 heterocycles. The van der Waals surface area contributed by atoms with Gasteiger partial charge in [-0.1, -0.05) is 26.7 Å². The van der Waals surface area contributed by atoms with E-state index in [9.17, 15) is 9.59 Å². The summed E-state index contributed by atoms with van der Waals surface area (Å²) in [4.78, 5) is 23.8. The van der Waals surface area contributed by atoms with Gasteiger partial charge in [-0.05, 0) is 36.6 Å². The van der Waals surface area contributed by atoms with Gasteiger partial charge >= 0.3 is 5.97 Å². The highest BCUT2D eigenvalue weighted by Crippen LogP contribution is 2.29. The maximum absolute atomic E-state index is 12.3. The van der Waals surface area contributed by atoms with Crippen molar-refractivity contribution in [3.8, 4) is 5.75 Å². The molecule has 2 rings (SSSR count). The van der Waals surface area contributed by atoms with Crippen LogP contribution in [0.3, 0.4) is 0 Å². The van der Waals surface area contributed by atoms with Gasteiger partial charge in [-0.2, -0.15) is 0 Å². The largest absolute Gasteiger partial charge is 0.488 e. The molecule has 0 bridgehead atoms. The standard InChI is InChI=1S/C19H27NO4/c1-4-6-7-13(5-2)18(21)20-12-16-11-15-10-14(19(22)23-3)8-9-17(15)24-16/h8-10,13,16H,4-7,11-12H2,1-3H3,(H,20,21)/t13-,16-/m1/s1. The lowest BCUT2D eigenvalue weighted by molar-refractivity contribution is -0.125. The van der Waals surface area contributed by atoms with E-state index in [-0.39, 0.29) is 23.9 Å². The number of carbonyl (C=O) groups excluding carboxylic acids is 2. The second-order valence-corrected chi connectivity index (χ2v) is 6.25. The zero-order valence-electron chi connectivity index (χ0n) is 14.8. The van der Waals surface area contributed by atoms with Crippen LogP contribution in [0.4, 0.5) is 0 Å². The molecule has 0 aliphatic carbocycles. The molecule has 1 aliphatic rings. The smallest absolute Gasteiger partial charge is 0.337 e. The van der Waals surface area contributed by atoms with Crippen LogP contribution < -0.4 is 10.1 Å². The summed E-state index contributed by atoms with van der Waals surface area (Å²) < 4.78 is 10.6. The maximum Gasteiger partial charge on any atom is 0.337 e. The zero-order valence-corrected chi connectivity index (χ0v) is 14.8. The molecule has 0 radical (unpaired) electrons. The Labute approximate surface area is 143 Å². The number of unbranched alkanes of at least 4 members (excludes halogenated alkanes) is 1. The second kappa shape index (κ2) is 8.71. The minimum Gasteiger partial charge on any atom is -0.488 e. The Kier molecular flexibility index (Phi) is 6.64. The van der Waals surface area contributed by atoms with Crippen LogP contribution in [0, 0.1) is 5.92 Å². The van der Waals surface area contributed by atoms with Crippen molar-refractivity contribution in [1.29, 1.82) is 0 Å². The molecule has 0 saturated carbocycles. The molecule has 0 spiro atoms. The zero-order chi connectivity index (χ0) is 17.5. The molecule has 0 unspecified atom stereocenters. The van der Waals surface area contributed by atoms with Gasteiger partial charge in [0.1, 0.15) is 11.9 Å². The molecule has 24 heavy (non-hydrogen) atoms. The number of methoxy groups -OCH3 is 1. The molecule has 0 fully saturated rings. The van der Waals surface area contributed by atoms with Crippen LogP contribution in [0.25, 0.3) is 0 Å². The van der Waals surface area contributed by atoms with Gasteiger partial charge in [0.15, 0.2) is 0 Å². The molecular formula is C19H27NO4. The summed E-state index contributed by atoms with van der Waals surface area (Å²) in [6, 6.07) is 5.29. The van der Waals surface area contributed by atoms with Gasteiger partial charge in [0, 0.05) is 12.3 Å². The van der Waals surface area contributed by atoms with Crippen molar-refractivity contribution in [1.82, 2.24) is 5.32 Å². The van der Waals surface area contributed by atoms with Crippen LogP contribution in [0.5, 0.6) is 5.75 Å². The summed E-state index contributed by atoms with van der Waals surface area (Å²) in [5.41, 5.74) is 1.50. The molecule has 0 aromatic heterocycles. The number of fused-ring (bicyclic) bond motifs is 1. The number of hydrogen-bond acceptors (Lipinski definition) is 4. The van der Waals surface area contributed by atoms with E-state index in [2.05, 4.69) is 19.2 Å². The van der Waals surface area contributed by atoms with Crippen LogP contribution in [0.15, 0.2) is 18.2 Å². The maximum atomic E-state index is 12.3. The number of ether oxygens (including phenoxy) is 2. The summed E-state index contributed by atoms with van der Waals surface area (Å²) in [7, 11) is 1.37. The predicted molar refractivity (Wildman–Crippen MR) is 92.2 cm³/mol. The summed E-state index contributed by atoms with van der Waals surface area (Å²) in [5.74, 6) is 0.622. The summed E-state index contributed by atoms with van der Waals surface area (Å²) >= 11 is 0. The fourth-order valence-electron chi connectivity index (χ4n) is 3.01. The Morgan fingerprint density at radius 2 is 2.17 bits per heavy atom. The van der Waals surface area contributed by atoms with Gasteiger partial charge in [-0.3, -0.25) is 4.79 Å². The Hall–Kier alpha value is -2.04. The number of rotatable bonds is 8. The lowest BCUT2D eigenvalue weighted by atomic mass is 9.98. The molecule has 1 aromatic carbocycles. The van der Waals surface area contributed by atoms with Crippen molar-refractivity contribution in [3.63, 3.8) is 0 Å². The van der Waals surface area contributed by atoms with Gasteiger partial charge in [0.2, 0.25) is 5.91 Å². The number of esters is 1. The molecule has 1 amide bonds. The number of amides is 1. The van der Waals surface area contributed by atoms with E-state index in [1.807, 2.05) is 0 Å². The molecule has 0 saturated heterocycles. The van der Waals surface area contributed by atoms with E-state index in [0.29, 0.717) is 18.5 Å². The Bertz CT molecular complexity index is 585. The second-order valence-electron chi connectivity index (χ2n) is 6.25. The third kappa shape index (κ3) is 4.49. The highest BCUT2D eigenvalue weighted by molar-refractivity contribution is 5.89. The van der Waals surface area contributed by atoms with Gasteiger partial charge in [-0.15, -0.1) is 0 Å². The highest BCUT2D eigenvalue weighted by Gasteiger charge is 2.25. The number of benzene rings is 1. The number of nitrogens with one attached hydrogen (secondary N) is 1. The first-order valence-electron chi connectivity index (χ1n) is 8.74. The highest BCUT2D eigenvalue weighted by atomic mass is 16.5. The fraction of sp³-hybridized carbons (Fsp3) is 0.579. The van der Waals surface area contributed by atoms with E-state index in [1.165, 1.54) is 7.11 Å². The normalized spacial score (nSPS) is 16.9. The predicted octanol–water partition coefficient (Wildman–Crippen LogP) is 3.11. The lowest BCUT2D eigenvalue weighted by Crippen LogP contribution is -2.37. The molecular weight excluding hydrogens is 306 g/mol. The van der Waals surface area contributed by atoms with Crippen molar-refractivity contribution in [2.45, 2.75) is 52.1 Å². The molecule has 5 nitrogen and oxygen atoms in total. The quantitative estimate of drug-likeness (QED) is 0.743. The third-order valence-corrected chi connectivity index (χ3v) is 4.50. The van der Waals surface area contributed by atoms with Crippen molar-refractivity contribution in [3.05, 3.63) is 29.3 Å². The van der Waals surface area contributed by atoms with Crippen molar-refractivity contribution < 1.29 is 19.1 Å². The van der Waals surface area contributed by atoms with Crippen molar-refractivity contribution in [2.75, 3.05) is 13.7 Å². The summed E-state index contributed by atoms with van der Waals surface area (Å²) in [6.07, 6.45) is 4.58. The Morgan fingerprint density at radius 3 is 2.83 bits per heavy atom. The van der Waals surface area contributed by atoms with Crippen LogP contribution in [-0.4, -0.2) is 31.6 Å². The molecule has 1 aliphatic heterocycles. The first-order chi connectivity index (χ1) is 11.6. The van der Waals surface area contributed by atoms with Crippen LogP contribution in [-0.2, 0) is 16.0 Å². The molecule has 5 heteroatoms. The SMILES string of the molecule is CCCC[C@@H](CC)C(=O)NC[C@H]1Cc2cc(C(=O)OC)ccc2O1. The lowest BCUT2D eigenvalue weighted by Gasteiger charge is -2.17. The van der Waals surface area contributed by atoms with Crippen LogP contribution in [0.1, 0.15) is 55.5 Å². The van der Waals surface area contributed by atoms with E-state index in [0.717, 1.165) is 37.0 Å². The van der Waals surface area contributed by atoms with Crippen LogP contribution >= 0.6 is 0 Å². The van der Waals surface area contributed by atoms with Crippen molar-refractivity contribution in [2.24, 2.45) is 5.92 Å². The first-order valence-corrected chi connectivity index (χ1v) is 8.74. The summed E-state index contributed by atoms with van der Waals surface area (Å²) in [6.45, 7) is 4.68. The number of carbonyl (C=O) groups is 2. The van der Waals surface area contributed by atoms with Gasteiger partial charge < -0.3 is 14.8 Å². The van der Waals surface area contributed by atoms with E-state index < -0.39 is 0 Å². The van der Waals surface area contributed by atoms with Gasteiger partial charge in [0.25, 0.3) is 0 Å². The van der Waals surface area contributed by atoms with Gasteiger partial charge in [0.05, 0.1) is 19.2 Å². The fourth-order valence-corrected chi connectivity index (χ4v) is 3.01. The van der Waals surface area contributed by atoms with Crippen molar-refractivity contribution >= 4 is 11.9 Å². The summed E-state index contributed by atoms with van der Waals surface area (Å²) in [5, 5.41) is 3.01.